The van der Waals surface area contributed by atoms with Gasteiger partial charge in [-0.1, -0.05) is 6.92 Å². The highest BCUT2D eigenvalue weighted by Gasteiger charge is 2.02. The van der Waals surface area contributed by atoms with Gasteiger partial charge in [0.1, 0.15) is 5.76 Å². The highest BCUT2D eigenvalue weighted by Crippen LogP contribution is 2.12. The highest BCUT2D eigenvalue weighted by molar-refractivity contribution is 7.99. The maximum Gasteiger partial charge on any atom is 0.104 e. The zero-order valence-electron chi connectivity index (χ0n) is 6.33. The van der Waals surface area contributed by atoms with Crippen LogP contribution in [0.2, 0.25) is 0 Å². The van der Waals surface area contributed by atoms with E-state index < -0.39 is 0 Å². The monoisotopic (exact) mass is 156 g/mol. The molecule has 1 aromatic rings. The molecule has 0 aliphatic carbocycles. The lowest BCUT2D eigenvalue weighted by Crippen LogP contribution is -1.98. The summed E-state index contributed by atoms with van der Waals surface area (Å²) in [5, 5.41) is 0.658. The molecular formula is C8H12OS. The third-order valence-corrected chi connectivity index (χ3v) is 2.44. The molecule has 2 heteroatoms. The smallest absolute Gasteiger partial charge is 0.104 e. The summed E-state index contributed by atoms with van der Waals surface area (Å²) in [5.74, 6) is 1.09. The average Bonchev–Trinajstić information content (AvgIpc) is 2.40. The van der Waals surface area contributed by atoms with Crippen LogP contribution in [0.5, 0.6) is 0 Å². The predicted molar refractivity (Wildman–Crippen MR) is 45.4 cm³/mol. The second kappa shape index (κ2) is 3.71. The van der Waals surface area contributed by atoms with Gasteiger partial charge < -0.3 is 4.42 Å². The fourth-order valence-corrected chi connectivity index (χ4v) is 1.13. The molecule has 0 radical (unpaired) electrons. The third kappa shape index (κ3) is 2.10. The van der Waals surface area contributed by atoms with Gasteiger partial charge in [0, 0.05) is 11.7 Å². The van der Waals surface area contributed by atoms with Gasteiger partial charge in [-0.15, -0.1) is 0 Å². The Bertz CT molecular complexity index is 169. The SMILES string of the molecule is CSC(C)Cc1ccco1. The summed E-state index contributed by atoms with van der Waals surface area (Å²) in [6.45, 7) is 2.20. The van der Waals surface area contributed by atoms with Crippen molar-refractivity contribution in [2.75, 3.05) is 6.26 Å². The van der Waals surface area contributed by atoms with Crippen molar-refractivity contribution < 1.29 is 4.42 Å². The van der Waals surface area contributed by atoms with Crippen LogP contribution in [0.3, 0.4) is 0 Å². The van der Waals surface area contributed by atoms with Gasteiger partial charge in [-0.2, -0.15) is 11.8 Å². The maximum absolute atomic E-state index is 5.19. The first-order valence-electron chi connectivity index (χ1n) is 3.38. The van der Waals surface area contributed by atoms with Gasteiger partial charge in [0.05, 0.1) is 6.26 Å². The fraction of sp³-hybridized carbons (Fsp3) is 0.500. The molecule has 1 unspecified atom stereocenters. The molecule has 0 amide bonds. The lowest BCUT2D eigenvalue weighted by molar-refractivity contribution is 0.508. The lowest BCUT2D eigenvalue weighted by atomic mass is 10.3. The molecule has 10 heavy (non-hydrogen) atoms. The van der Waals surface area contributed by atoms with Crippen LogP contribution < -0.4 is 0 Å². The number of hydrogen-bond donors (Lipinski definition) is 0. The second-order valence-electron chi connectivity index (χ2n) is 2.33. The van der Waals surface area contributed by atoms with Crippen molar-refractivity contribution in [2.24, 2.45) is 0 Å². The van der Waals surface area contributed by atoms with Crippen LogP contribution in [-0.4, -0.2) is 11.5 Å². The van der Waals surface area contributed by atoms with Crippen molar-refractivity contribution in [3.63, 3.8) is 0 Å². The molecule has 1 aromatic heterocycles. The van der Waals surface area contributed by atoms with E-state index in [-0.39, 0.29) is 0 Å². The first kappa shape index (κ1) is 7.73. The van der Waals surface area contributed by atoms with E-state index in [9.17, 15) is 0 Å². The van der Waals surface area contributed by atoms with Gasteiger partial charge in [-0.05, 0) is 18.4 Å². The Morgan fingerprint density at radius 1 is 1.70 bits per heavy atom. The normalized spacial score (nSPS) is 13.4. The van der Waals surface area contributed by atoms with Gasteiger partial charge in [0.25, 0.3) is 0 Å². The molecule has 1 heterocycles. The van der Waals surface area contributed by atoms with Gasteiger partial charge in [-0.3, -0.25) is 0 Å². The van der Waals surface area contributed by atoms with E-state index in [4.69, 9.17) is 4.42 Å². The molecular weight excluding hydrogens is 144 g/mol. The van der Waals surface area contributed by atoms with Gasteiger partial charge in [-0.25, -0.2) is 0 Å². The number of furan rings is 1. The van der Waals surface area contributed by atoms with Crippen LogP contribution in [0.4, 0.5) is 0 Å². The largest absolute Gasteiger partial charge is 0.469 e. The first-order valence-corrected chi connectivity index (χ1v) is 4.67. The Morgan fingerprint density at radius 2 is 2.50 bits per heavy atom. The zero-order chi connectivity index (χ0) is 7.40. The maximum atomic E-state index is 5.19. The minimum Gasteiger partial charge on any atom is -0.469 e. The van der Waals surface area contributed by atoms with Crippen molar-refractivity contribution >= 4 is 11.8 Å². The van der Waals surface area contributed by atoms with Crippen LogP contribution in [0.25, 0.3) is 0 Å². The van der Waals surface area contributed by atoms with E-state index in [1.807, 2.05) is 23.9 Å². The summed E-state index contributed by atoms with van der Waals surface area (Å²) in [4.78, 5) is 0. The Labute approximate surface area is 65.8 Å². The standard InChI is InChI=1S/C8H12OS/c1-7(10-2)6-8-4-3-5-9-8/h3-5,7H,6H2,1-2H3. The summed E-state index contributed by atoms with van der Waals surface area (Å²) in [5.41, 5.74) is 0. The Balaban J connectivity index is 2.40. The molecule has 0 fully saturated rings. The molecule has 0 saturated carbocycles. The lowest BCUT2D eigenvalue weighted by Gasteiger charge is -2.03. The molecule has 1 rings (SSSR count). The van der Waals surface area contributed by atoms with Crippen molar-refractivity contribution in [3.05, 3.63) is 24.2 Å². The van der Waals surface area contributed by atoms with E-state index in [2.05, 4.69) is 13.2 Å². The van der Waals surface area contributed by atoms with Gasteiger partial charge in [0.15, 0.2) is 0 Å². The Kier molecular flexibility index (Phi) is 2.87. The Morgan fingerprint density at radius 3 is 3.00 bits per heavy atom. The summed E-state index contributed by atoms with van der Waals surface area (Å²) in [6.07, 6.45) is 4.88. The molecule has 0 bridgehead atoms. The molecule has 0 saturated heterocycles. The molecule has 1 atom stereocenters. The minimum atomic E-state index is 0.658. The predicted octanol–water partition coefficient (Wildman–Crippen LogP) is 2.57. The molecule has 1 nitrogen and oxygen atoms in total. The molecule has 56 valence electrons. The number of rotatable bonds is 3. The zero-order valence-corrected chi connectivity index (χ0v) is 7.15. The molecule has 0 aromatic carbocycles. The first-order chi connectivity index (χ1) is 4.83. The van der Waals surface area contributed by atoms with Crippen LogP contribution >= 0.6 is 11.8 Å². The third-order valence-electron chi connectivity index (χ3n) is 1.47. The fourth-order valence-electron chi connectivity index (χ4n) is 0.795. The molecule has 0 aliphatic heterocycles. The van der Waals surface area contributed by atoms with Gasteiger partial charge in [0.2, 0.25) is 0 Å². The van der Waals surface area contributed by atoms with Crippen LogP contribution in [0.1, 0.15) is 12.7 Å². The quantitative estimate of drug-likeness (QED) is 0.667. The van der Waals surface area contributed by atoms with E-state index in [0.717, 1.165) is 12.2 Å². The second-order valence-corrected chi connectivity index (χ2v) is 3.61. The van der Waals surface area contributed by atoms with Crippen LogP contribution in [0.15, 0.2) is 22.8 Å². The van der Waals surface area contributed by atoms with E-state index in [0.29, 0.717) is 5.25 Å². The topological polar surface area (TPSA) is 13.1 Å². The molecule has 0 spiro atoms. The van der Waals surface area contributed by atoms with Crippen molar-refractivity contribution in [3.8, 4) is 0 Å². The Hall–Kier alpha value is -0.370. The van der Waals surface area contributed by atoms with Crippen molar-refractivity contribution in [2.45, 2.75) is 18.6 Å². The molecule has 0 aliphatic rings. The van der Waals surface area contributed by atoms with Gasteiger partial charge >= 0.3 is 0 Å². The van der Waals surface area contributed by atoms with E-state index >= 15 is 0 Å². The summed E-state index contributed by atoms with van der Waals surface area (Å²) in [6, 6.07) is 3.95. The van der Waals surface area contributed by atoms with Crippen LogP contribution in [0, 0.1) is 0 Å². The minimum absolute atomic E-state index is 0.658. The van der Waals surface area contributed by atoms with Crippen molar-refractivity contribution in [1.82, 2.24) is 0 Å². The number of hydrogen-bond acceptors (Lipinski definition) is 2. The van der Waals surface area contributed by atoms with E-state index in [1.165, 1.54) is 0 Å². The molecule has 0 N–H and O–H groups in total. The number of thioether (sulfide) groups is 1. The summed E-state index contributed by atoms with van der Waals surface area (Å²) < 4.78 is 5.19. The van der Waals surface area contributed by atoms with Crippen molar-refractivity contribution in [1.29, 1.82) is 0 Å². The van der Waals surface area contributed by atoms with Crippen LogP contribution in [-0.2, 0) is 6.42 Å². The summed E-state index contributed by atoms with van der Waals surface area (Å²) >= 11 is 1.86. The highest BCUT2D eigenvalue weighted by atomic mass is 32.2. The average molecular weight is 156 g/mol. The van der Waals surface area contributed by atoms with E-state index in [1.54, 1.807) is 6.26 Å². The summed E-state index contributed by atoms with van der Waals surface area (Å²) in [7, 11) is 0.